The van der Waals surface area contributed by atoms with Crippen LogP contribution in [0.25, 0.3) is 31.9 Å². The quantitative estimate of drug-likeness (QED) is 0.0866. The number of para-hydroxylation sites is 1. The van der Waals surface area contributed by atoms with E-state index in [2.05, 4.69) is 74.5 Å². The van der Waals surface area contributed by atoms with Crippen molar-refractivity contribution in [1.29, 1.82) is 0 Å². The molecular formula is C40H54N2S. The Bertz CT molecular complexity index is 1380. The predicted octanol–water partition coefficient (Wildman–Crippen LogP) is 12.9. The highest BCUT2D eigenvalue weighted by molar-refractivity contribution is 7.21. The van der Waals surface area contributed by atoms with Crippen LogP contribution in [0.1, 0.15) is 141 Å². The van der Waals surface area contributed by atoms with Crippen LogP contribution in [0.15, 0.2) is 60.7 Å². The number of aromatic nitrogens is 1. The van der Waals surface area contributed by atoms with Crippen molar-refractivity contribution >= 4 is 27.2 Å². The number of nitrogen functional groups attached to an aromatic ring is 1. The van der Waals surface area contributed by atoms with Crippen LogP contribution < -0.4 is 5.73 Å². The standard InChI is InChI=1S/C40H54N2S/c1-3-5-7-9-11-13-15-19-27-40(28-20-16-14-12-10-8-6-4-2)35-29-31(39-42-37-21-17-18-22-38(37)43-39)23-25-33(35)34-26-24-32(41)30-36(34)40/h17-18,21-26,29-30H,3-16,19-20,27-28,41H2,1-2H3. The molecule has 0 spiro atoms. The molecule has 0 fully saturated rings. The average Bonchev–Trinajstić information content (AvgIpc) is 3.57. The Labute approximate surface area is 265 Å². The van der Waals surface area contributed by atoms with E-state index in [1.807, 2.05) is 11.3 Å². The fourth-order valence-electron chi connectivity index (χ4n) is 7.43. The first-order valence-corrected chi connectivity index (χ1v) is 18.4. The number of anilines is 1. The minimum Gasteiger partial charge on any atom is -0.399 e. The summed E-state index contributed by atoms with van der Waals surface area (Å²) < 4.78 is 1.26. The normalized spacial score (nSPS) is 13.4. The highest BCUT2D eigenvalue weighted by Gasteiger charge is 2.42. The van der Waals surface area contributed by atoms with Gasteiger partial charge in [0.25, 0.3) is 0 Å². The van der Waals surface area contributed by atoms with Crippen molar-refractivity contribution in [2.75, 3.05) is 5.73 Å². The van der Waals surface area contributed by atoms with E-state index in [1.54, 1.807) is 0 Å². The van der Waals surface area contributed by atoms with E-state index in [4.69, 9.17) is 10.7 Å². The van der Waals surface area contributed by atoms with E-state index >= 15 is 0 Å². The zero-order chi connectivity index (χ0) is 29.9. The molecule has 4 aromatic rings. The molecule has 0 aliphatic heterocycles. The van der Waals surface area contributed by atoms with E-state index in [1.165, 1.54) is 148 Å². The average molecular weight is 595 g/mol. The lowest BCUT2D eigenvalue weighted by atomic mass is 9.70. The minimum atomic E-state index is 0.0388. The third-order valence-corrected chi connectivity index (χ3v) is 10.9. The van der Waals surface area contributed by atoms with E-state index in [0.717, 1.165) is 16.2 Å². The number of fused-ring (bicyclic) bond motifs is 4. The van der Waals surface area contributed by atoms with Gasteiger partial charge in [0.15, 0.2) is 0 Å². The maximum absolute atomic E-state index is 6.51. The molecule has 5 rings (SSSR count). The molecule has 2 nitrogen and oxygen atoms in total. The van der Waals surface area contributed by atoms with Crippen molar-refractivity contribution in [2.24, 2.45) is 0 Å². The van der Waals surface area contributed by atoms with E-state index in [9.17, 15) is 0 Å². The molecule has 0 saturated carbocycles. The lowest BCUT2D eigenvalue weighted by molar-refractivity contribution is 0.397. The van der Waals surface area contributed by atoms with Crippen molar-refractivity contribution in [1.82, 2.24) is 4.98 Å². The number of thiazole rings is 1. The highest BCUT2D eigenvalue weighted by Crippen LogP contribution is 2.55. The maximum Gasteiger partial charge on any atom is 0.124 e. The van der Waals surface area contributed by atoms with Gasteiger partial charge < -0.3 is 5.73 Å². The second-order valence-corrected chi connectivity index (χ2v) is 14.1. The maximum atomic E-state index is 6.51. The molecule has 1 aliphatic carbocycles. The summed E-state index contributed by atoms with van der Waals surface area (Å²) in [5.74, 6) is 0. The zero-order valence-corrected chi connectivity index (χ0v) is 27.8. The van der Waals surface area contributed by atoms with Gasteiger partial charge in [0, 0.05) is 16.7 Å². The number of hydrogen-bond acceptors (Lipinski definition) is 3. The Balaban J connectivity index is 1.41. The number of benzene rings is 3. The van der Waals surface area contributed by atoms with E-state index < -0.39 is 0 Å². The largest absolute Gasteiger partial charge is 0.399 e. The summed E-state index contributed by atoms with van der Waals surface area (Å²) >= 11 is 1.82. The van der Waals surface area contributed by atoms with Gasteiger partial charge >= 0.3 is 0 Å². The van der Waals surface area contributed by atoms with Crippen LogP contribution >= 0.6 is 11.3 Å². The van der Waals surface area contributed by atoms with Crippen LogP contribution in [0.3, 0.4) is 0 Å². The lowest BCUT2D eigenvalue weighted by Gasteiger charge is -2.33. The van der Waals surface area contributed by atoms with Crippen LogP contribution in [0.5, 0.6) is 0 Å². The first kappa shape index (κ1) is 31.8. The molecule has 1 heterocycles. The molecule has 1 aromatic heterocycles. The number of rotatable bonds is 19. The molecule has 0 radical (unpaired) electrons. The summed E-state index contributed by atoms with van der Waals surface area (Å²) in [7, 11) is 0. The first-order chi connectivity index (χ1) is 21.2. The molecule has 0 saturated heterocycles. The van der Waals surface area contributed by atoms with E-state index in [-0.39, 0.29) is 5.41 Å². The van der Waals surface area contributed by atoms with Crippen molar-refractivity contribution in [3.05, 3.63) is 71.8 Å². The summed E-state index contributed by atoms with van der Waals surface area (Å²) in [5.41, 5.74) is 15.6. The van der Waals surface area contributed by atoms with Crippen LogP contribution in [0.4, 0.5) is 5.69 Å². The van der Waals surface area contributed by atoms with Gasteiger partial charge in [-0.15, -0.1) is 11.3 Å². The van der Waals surface area contributed by atoms with Crippen LogP contribution in [0, 0.1) is 0 Å². The third kappa shape index (κ3) is 7.72. The molecule has 1 aliphatic rings. The molecule has 43 heavy (non-hydrogen) atoms. The molecule has 230 valence electrons. The minimum absolute atomic E-state index is 0.0388. The van der Waals surface area contributed by atoms with Gasteiger partial charge in [-0.1, -0.05) is 147 Å². The Morgan fingerprint density at radius 1 is 0.605 bits per heavy atom. The monoisotopic (exact) mass is 594 g/mol. The zero-order valence-electron chi connectivity index (χ0n) is 26.9. The number of nitrogens with zero attached hydrogens (tertiary/aromatic N) is 1. The van der Waals surface area contributed by atoms with Gasteiger partial charge in [-0.2, -0.15) is 0 Å². The summed E-state index contributed by atoms with van der Waals surface area (Å²) in [4.78, 5) is 5.05. The number of hydrogen-bond donors (Lipinski definition) is 1. The summed E-state index contributed by atoms with van der Waals surface area (Å²) in [6.07, 6.45) is 24.1. The van der Waals surface area contributed by atoms with Gasteiger partial charge in [-0.05, 0) is 65.4 Å². The van der Waals surface area contributed by atoms with Crippen molar-refractivity contribution in [2.45, 2.75) is 135 Å². The molecule has 2 N–H and O–H groups in total. The van der Waals surface area contributed by atoms with Crippen molar-refractivity contribution < 1.29 is 0 Å². The van der Waals surface area contributed by atoms with Gasteiger partial charge in [0.2, 0.25) is 0 Å². The second kappa shape index (κ2) is 15.9. The molecule has 0 unspecified atom stereocenters. The second-order valence-electron chi connectivity index (χ2n) is 13.1. The summed E-state index contributed by atoms with van der Waals surface area (Å²) in [6, 6.07) is 22.5. The Morgan fingerprint density at radius 2 is 1.14 bits per heavy atom. The summed E-state index contributed by atoms with van der Waals surface area (Å²) in [6.45, 7) is 4.61. The van der Waals surface area contributed by atoms with Crippen molar-refractivity contribution in [3.8, 4) is 21.7 Å². The molecule has 0 atom stereocenters. The fraction of sp³-hybridized carbons (Fsp3) is 0.525. The molecule has 0 amide bonds. The Morgan fingerprint density at radius 3 is 1.74 bits per heavy atom. The smallest absolute Gasteiger partial charge is 0.124 e. The van der Waals surface area contributed by atoms with Crippen LogP contribution in [-0.4, -0.2) is 4.98 Å². The van der Waals surface area contributed by atoms with Crippen molar-refractivity contribution in [3.63, 3.8) is 0 Å². The Kier molecular flexibility index (Phi) is 11.7. The molecule has 3 heteroatoms. The molecule has 0 bridgehead atoms. The van der Waals surface area contributed by atoms with Gasteiger partial charge in [0.1, 0.15) is 5.01 Å². The van der Waals surface area contributed by atoms with Gasteiger partial charge in [0.05, 0.1) is 10.2 Å². The van der Waals surface area contributed by atoms with Gasteiger partial charge in [-0.25, -0.2) is 4.98 Å². The molecular weight excluding hydrogens is 541 g/mol. The third-order valence-electron chi connectivity index (χ3n) is 9.84. The van der Waals surface area contributed by atoms with E-state index in [0.29, 0.717) is 0 Å². The topological polar surface area (TPSA) is 38.9 Å². The number of unbranched alkanes of at least 4 members (excludes halogenated alkanes) is 14. The Hall–Kier alpha value is -2.65. The van der Waals surface area contributed by atoms with Gasteiger partial charge in [-0.3, -0.25) is 0 Å². The van der Waals surface area contributed by atoms with Crippen LogP contribution in [0.2, 0.25) is 0 Å². The fourth-order valence-corrected chi connectivity index (χ4v) is 8.39. The summed E-state index contributed by atoms with van der Waals surface area (Å²) in [5, 5.41) is 1.13. The SMILES string of the molecule is CCCCCCCCCCC1(CCCCCCCCCC)c2cc(N)ccc2-c2ccc(-c3nc4ccccc4s3)cc21. The first-order valence-electron chi connectivity index (χ1n) is 17.6. The lowest BCUT2D eigenvalue weighted by Crippen LogP contribution is -2.25. The van der Waals surface area contributed by atoms with Crippen LogP contribution in [-0.2, 0) is 5.41 Å². The predicted molar refractivity (Wildman–Crippen MR) is 190 cm³/mol. The highest BCUT2D eigenvalue weighted by atomic mass is 32.1. The number of nitrogens with two attached hydrogens (primary N) is 1. The molecule has 3 aromatic carbocycles.